The van der Waals surface area contributed by atoms with E-state index in [0.29, 0.717) is 11.8 Å². The molecule has 1 aliphatic rings. The molecule has 0 amide bonds. The van der Waals surface area contributed by atoms with E-state index in [1.54, 1.807) is 0 Å². The molecule has 0 spiro atoms. The highest BCUT2D eigenvalue weighted by Gasteiger charge is 2.52. The Morgan fingerprint density at radius 2 is 1.78 bits per heavy atom. The smallest absolute Gasteiger partial charge is 0.399 e. The van der Waals surface area contributed by atoms with Crippen LogP contribution in [0.5, 0.6) is 0 Å². The van der Waals surface area contributed by atoms with Crippen molar-refractivity contribution in [3.8, 4) is 0 Å². The van der Waals surface area contributed by atoms with Crippen LogP contribution >= 0.6 is 11.6 Å². The third-order valence-corrected chi connectivity index (χ3v) is 7.51. The fourth-order valence-corrected chi connectivity index (χ4v) is 4.00. The molecule has 0 atom stereocenters. The maximum atomic E-state index is 6.49. The lowest BCUT2D eigenvalue weighted by molar-refractivity contribution is 0.00578. The van der Waals surface area contributed by atoms with Gasteiger partial charge in [0.25, 0.3) is 0 Å². The highest BCUT2D eigenvalue weighted by molar-refractivity contribution is 6.76. The van der Waals surface area contributed by atoms with Crippen LogP contribution in [0.2, 0.25) is 30.7 Å². The number of hydrogen-bond donors (Lipinski definition) is 0. The van der Waals surface area contributed by atoms with E-state index in [0.717, 1.165) is 29.0 Å². The van der Waals surface area contributed by atoms with E-state index < -0.39 is 15.2 Å². The van der Waals surface area contributed by atoms with Crippen LogP contribution in [0.25, 0.3) is 10.9 Å². The van der Waals surface area contributed by atoms with Crippen LogP contribution in [0.1, 0.15) is 27.7 Å². The van der Waals surface area contributed by atoms with Crippen molar-refractivity contribution in [2.24, 2.45) is 0 Å². The van der Waals surface area contributed by atoms with E-state index in [9.17, 15) is 0 Å². The number of ether oxygens (including phenoxy) is 1. The van der Waals surface area contributed by atoms with Crippen molar-refractivity contribution in [3.63, 3.8) is 0 Å². The van der Waals surface area contributed by atoms with Gasteiger partial charge in [-0.05, 0) is 45.3 Å². The van der Waals surface area contributed by atoms with Crippen molar-refractivity contribution in [1.29, 1.82) is 0 Å². The maximum absolute atomic E-state index is 6.49. The molecule has 8 heteroatoms. The van der Waals surface area contributed by atoms with E-state index in [1.165, 1.54) is 0 Å². The average Bonchev–Trinajstić information content (AvgIpc) is 3.03. The molecule has 27 heavy (non-hydrogen) atoms. The van der Waals surface area contributed by atoms with Crippen LogP contribution in [-0.4, -0.2) is 42.8 Å². The van der Waals surface area contributed by atoms with Crippen molar-refractivity contribution in [2.75, 3.05) is 6.61 Å². The molecular formula is C19H30BClN2O3Si. The first-order valence-corrected chi connectivity index (χ1v) is 13.6. The molecule has 2 heterocycles. The molecule has 0 aliphatic carbocycles. The van der Waals surface area contributed by atoms with E-state index >= 15 is 0 Å². The molecule has 1 aliphatic heterocycles. The second-order valence-corrected chi connectivity index (χ2v) is 15.5. The number of rotatable bonds is 6. The molecular weight excluding hydrogens is 379 g/mol. The molecule has 0 unspecified atom stereocenters. The number of hydrogen-bond acceptors (Lipinski definition) is 4. The van der Waals surface area contributed by atoms with Gasteiger partial charge in [-0.3, -0.25) is 0 Å². The minimum Gasteiger partial charge on any atom is -0.399 e. The number of nitrogens with zero attached hydrogens (tertiary/aromatic N) is 2. The summed E-state index contributed by atoms with van der Waals surface area (Å²) in [6, 6.07) is 4.97. The lowest BCUT2D eigenvalue weighted by atomic mass is 9.77. The molecule has 5 nitrogen and oxygen atoms in total. The molecule has 1 fully saturated rings. The van der Waals surface area contributed by atoms with Gasteiger partial charge in [0.1, 0.15) is 6.73 Å². The first kappa shape index (κ1) is 20.9. The summed E-state index contributed by atoms with van der Waals surface area (Å²) in [4.78, 5) is 0. The topological polar surface area (TPSA) is 45.5 Å². The van der Waals surface area contributed by atoms with Gasteiger partial charge in [-0.15, -0.1) is 0 Å². The Hall–Kier alpha value is -0.858. The predicted octanol–water partition coefficient (Wildman–Crippen LogP) is 4.30. The molecule has 1 aromatic heterocycles. The van der Waals surface area contributed by atoms with Gasteiger partial charge in [-0.25, -0.2) is 4.68 Å². The van der Waals surface area contributed by atoms with E-state index in [-0.39, 0.29) is 11.2 Å². The van der Waals surface area contributed by atoms with E-state index in [2.05, 4.69) is 52.4 Å². The third-order valence-electron chi connectivity index (χ3n) is 5.50. The molecule has 148 valence electrons. The summed E-state index contributed by atoms with van der Waals surface area (Å²) in [5, 5.41) is 6.09. The highest BCUT2D eigenvalue weighted by atomic mass is 35.5. The summed E-state index contributed by atoms with van der Waals surface area (Å²) in [6.45, 7) is 16.4. The largest absolute Gasteiger partial charge is 0.495 e. The second-order valence-electron chi connectivity index (χ2n) is 9.48. The summed E-state index contributed by atoms with van der Waals surface area (Å²) < 4.78 is 20.1. The van der Waals surface area contributed by atoms with Crippen molar-refractivity contribution < 1.29 is 14.0 Å². The molecule has 1 saturated heterocycles. The van der Waals surface area contributed by atoms with Crippen LogP contribution in [-0.2, 0) is 20.8 Å². The molecule has 0 N–H and O–H groups in total. The summed E-state index contributed by atoms with van der Waals surface area (Å²) in [5.41, 5.74) is 1.03. The Morgan fingerprint density at radius 3 is 2.37 bits per heavy atom. The fourth-order valence-electron chi connectivity index (χ4n) is 2.98. The predicted molar refractivity (Wildman–Crippen MR) is 115 cm³/mol. The average molecular weight is 409 g/mol. The van der Waals surface area contributed by atoms with Crippen LogP contribution < -0.4 is 5.46 Å². The molecule has 0 radical (unpaired) electrons. The Labute approximate surface area is 168 Å². The Bertz CT molecular complexity index is 816. The summed E-state index contributed by atoms with van der Waals surface area (Å²) >= 11 is 6.49. The SMILES string of the molecule is CC1(C)OB(c2ccc(Cl)c3c2cnn3COCC[Si](C)(C)C)OC1(C)C. The number of fused-ring (bicyclic) bond motifs is 1. The molecule has 0 saturated carbocycles. The Balaban J connectivity index is 1.84. The van der Waals surface area contributed by atoms with E-state index in [4.69, 9.17) is 25.6 Å². The van der Waals surface area contributed by atoms with Crippen LogP contribution in [0.4, 0.5) is 0 Å². The van der Waals surface area contributed by atoms with Gasteiger partial charge in [-0.1, -0.05) is 37.3 Å². The second kappa shape index (κ2) is 7.19. The van der Waals surface area contributed by atoms with Gasteiger partial charge >= 0.3 is 7.12 Å². The Kier molecular flexibility index (Phi) is 5.56. The molecule has 0 bridgehead atoms. The third kappa shape index (κ3) is 4.27. The lowest BCUT2D eigenvalue weighted by Gasteiger charge is -2.32. The van der Waals surface area contributed by atoms with Crippen molar-refractivity contribution >= 4 is 43.2 Å². The highest BCUT2D eigenvalue weighted by Crippen LogP contribution is 2.37. The van der Waals surface area contributed by atoms with Gasteiger partial charge in [0.15, 0.2) is 0 Å². The first-order chi connectivity index (χ1) is 12.4. The number of aromatic nitrogens is 2. The zero-order chi connectivity index (χ0) is 20.0. The van der Waals surface area contributed by atoms with Crippen molar-refractivity contribution in [2.45, 2.75) is 71.3 Å². The van der Waals surface area contributed by atoms with Crippen LogP contribution in [0.15, 0.2) is 18.3 Å². The Morgan fingerprint density at radius 1 is 1.15 bits per heavy atom. The lowest BCUT2D eigenvalue weighted by Crippen LogP contribution is -2.41. The zero-order valence-corrected chi connectivity index (χ0v) is 19.2. The summed E-state index contributed by atoms with van der Waals surface area (Å²) in [6.07, 6.45) is 1.82. The zero-order valence-electron chi connectivity index (χ0n) is 17.4. The van der Waals surface area contributed by atoms with Gasteiger partial charge in [0.2, 0.25) is 0 Å². The van der Waals surface area contributed by atoms with Gasteiger partial charge in [0.05, 0.1) is 27.9 Å². The first-order valence-electron chi connectivity index (χ1n) is 9.49. The minimum atomic E-state index is -1.11. The van der Waals surface area contributed by atoms with Gasteiger partial charge < -0.3 is 14.0 Å². The molecule has 1 aromatic carbocycles. The molecule has 2 aromatic rings. The fraction of sp³-hybridized carbons (Fsp3) is 0.632. The van der Waals surface area contributed by atoms with Gasteiger partial charge in [0, 0.05) is 20.1 Å². The summed E-state index contributed by atoms with van der Waals surface area (Å²) in [5.74, 6) is 0. The quantitative estimate of drug-likeness (QED) is 0.528. The van der Waals surface area contributed by atoms with Crippen molar-refractivity contribution in [3.05, 3.63) is 23.4 Å². The van der Waals surface area contributed by atoms with E-state index in [1.807, 2.05) is 23.0 Å². The monoisotopic (exact) mass is 408 g/mol. The number of benzene rings is 1. The number of halogens is 1. The van der Waals surface area contributed by atoms with Gasteiger partial charge in [-0.2, -0.15) is 5.10 Å². The van der Waals surface area contributed by atoms with Crippen LogP contribution in [0.3, 0.4) is 0 Å². The molecule has 3 rings (SSSR count). The standard InChI is InChI=1S/C19H30BClN2O3Si/c1-18(2)19(3,4)26-20(25-18)15-8-9-16(21)17-14(15)12-22-23(17)13-24-10-11-27(5,6)7/h8-9,12H,10-11,13H2,1-7H3. The summed E-state index contributed by atoms with van der Waals surface area (Å²) in [7, 11) is -1.56. The normalized spacial score (nSPS) is 19.2. The maximum Gasteiger partial charge on any atom is 0.495 e. The van der Waals surface area contributed by atoms with Crippen molar-refractivity contribution in [1.82, 2.24) is 9.78 Å². The van der Waals surface area contributed by atoms with Crippen LogP contribution in [0, 0.1) is 0 Å². The minimum absolute atomic E-state index is 0.389.